The van der Waals surface area contributed by atoms with Crippen molar-refractivity contribution in [1.29, 1.82) is 0 Å². The molecule has 1 heterocycles. The van der Waals surface area contributed by atoms with Crippen molar-refractivity contribution in [1.82, 2.24) is 5.32 Å². The maximum Gasteiger partial charge on any atom is 0.157 e. The van der Waals surface area contributed by atoms with Crippen molar-refractivity contribution in [2.75, 3.05) is 13.1 Å². The summed E-state index contributed by atoms with van der Waals surface area (Å²) in [6.07, 6.45) is 0. The molecule has 0 radical (unpaired) electrons. The van der Waals surface area contributed by atoms with E-state index in [2.05, 4.69) is 42.4 Å². The number of benzene rings is 1. The SMILES string of the molecule is Cc1ccc(C)c(CSC2=NCCN2)c1. The largest absolute Gasteiger partial charge is 0.363 e. The number of aliphatic imine (C=N–C) groups is 1. The van der Waals surface area contributed by atoms with Crippen molar-refractivity contribution in [3.8, 4) is 0 Å². The Labute approximate surface area is 95.2 Å². The minimum absolute atomic E-state index is 0.926. The molecule has 0 aliphatic carbocycles. The molecule has 0 fully saturated rings. The number of nitrogens with zero attached hydrogens (tertiary/aromatic N) is 1. The molecule has 0 atom stereocenters. The molecule has 80 valence electrons. The standard InChI is InChI=1S/C12H16N2S/c1-9-3-4-10(2)11(7-9)8-15-12-13-5-6-14-12/h3-4,7H,5-6,8H2,1-2H3,(H,13,14). The molecule has 1 aliphatic heterocycles. The average molecular weight is 220 g/mol. The highest BCUT2D eigenvalue weighted by Crippen LogP contribution is 2.18. The van der Waals surface area contributed by atoms with Gasteiger partial charge < -0.3 is 5.32 Å². The molecular weight excluding hydrogens is 204 g/mol. The van der Waals surface area contributed by atoms with E-state index < -0.39 is 0 Å². The maximum absolute atomic E-state index is 4.37. The third kappa shape index (κ3) is 2.75. The Balaban J connectivity index is 2.00. The van der Waals surface area contributed by atoms with E-state index in [4.69, 9.17) is 0 Å². The summed E-state index contributed by atoms with van der Waals surface area (Å²) >= 11 is 1.80. The lowest BCUT2D eigenvalue weighted by Gasteiger charge is -2.06. The normalized spacial score (nSPS) is 14.9. The van der Waals surface area contributed by atoms with Crippen LogP contribution in [-0.2, 0) is 5.75 Å². The fourth-order valence-electron chi connectivity index (χ4n) is 1.57. The van der Waals surface area contributed by atoms with Gasteiger partial charge in [0.15, 0.2) is 5.17 Å². The van der Waals surface area contributed by atoms with Crippen LogP contribution in [0.2, 0.25) is 0 Å². The smallest absolute Gasteiger partial charge is 0.157 e. The van der Waals surface area contributed by atoms with Gasteiger partial charge in [0.1, 0.15) is 0 Å². The Bertz CT molecular complexity index is 385. The monoisotopic (exact) mass is 220 g/mol. The van der Waals surface area contributed by atoms with E-state index in [0.717, 1.165) is 24.0 Å². The second kappa shape index (κ2) is 4.71. The summed E-state index contributed by atoms with van der Waals surface area (Å²) in [5.41, 5.74) is 4.11. The molecule has 0 unspecified atom stereocenters. The first-order valence-electron chi connectivity index (χ1n) is 5.23. The van der Waals surface area contributed by atoms with Crippen LogP contribution in [0.5, 0.6) is 0 Å². The highest BCUT2D eigenvalue weighted by atomic mass is 32.2. The summed E-state index contributed by atoms with van der Waals surface area (Å²) in [6.45, 7) is 6.22. The number of hydrogen-bond donors (Lipinski definition) is 1. The van der Waals surface area contributed by atoms with Crippen molar-refractivity contribution in [3.63, 3.8) is 0 Å². The third-order valence-electron chi connectivity index (χ3n) is 2.51. The van der Waals surface area contributed by atoms with Crippen LogP contribution in [-0.4, -0.2) is 18.3 Å². The predicted octanol–water partition coefficient (Wildman–Crippen LogP) is 2.50. The number of hydrogen-bond acceptors (Lipinski definition) is 3. The van der Waals surface area contributed by atoms with E-state index in [1.54, 1.807) is 11.8 Å². The van der Waals surface area contributed by atoms with Crippen molar-refractivity contribution >= 4 is 16.9 Å². The van der Waals surface area contributed by atoms with Gasteiger partial charge in [0.05, 0.1) is 6.54 Å². The second-order valence-electron chi connectivity index (χ2n) is 3.83. The molecule has 2 rings (SSSR count). The zero-order valence-electron chi connectivity index (χ0n) is 9.21. The number of amidine groups is 1. The maximum atomic E-state index is 4.37. The van der Waals surface area contributed by atoms with Crippen LogP contribution in [0.3, 0.4) is 0 Å². The summed E-state index contributed by atoms with van der Waals surface area (Å²) in [7, 11) is 0. The number of aryl methyl sites for hydroxylation is 2. The van der Waals surface area contributed by atoms with E-state index in [1.165, 1.54) is 16.7 Å². The Hall–Kier alpha value is -0.960. The molecule has 1 N–H and O–H groups in total. The fraction of sp³-hybridized carbons (Fsp3) is 0.417. The molecule has 0 aromatic heterocycles. The topological polar surface area (TPSA) is 24.4 Å². The van der Waals surface area contributed by atoms with Gasteiger partial charge in [0.2, 0.25) is 0 Å². The number of rotatable bonds is 2. The molecule has 0 saturated carbocycles. The van der Waals surface area contributed by atoms with Gasteiger partial charge in [-0.05, 0) is 25.0 Å². The zero-order chi connectivity index (χ0) is 10.7. The molecule has 1 aromatic rings. The summed E-state index contributed by atoms with van der Waals surface area (Å²) in [5, 5.41) is 4.37. The van der Waals surface area contributed by atoms with Gasteiger partial charge in [0, 0.05) is 12.3 Å². The van der Waals surface area contributed by atoms with Gasteiger partial charge in [-0.15, -0.1) is 0 Å². The van der Waals surface area contributed by atoms with Crippen LogP contribution in [0.25, 0.3) is 0 Å². The van der Waals surface area contributed by atoms with Crippen LogP contribution >= 0.6 is 11.8 Å². The zero-order valence-corrected chi connectivity index (χ0v) is 10.0. The van der Waals surface area contributed by atoms with Gasteiger partial charge in [-0.3, -0.25) is 4.99 Å². The van der Waals surface area contributed by atoms with Crippen LogP contribution in [0.1, 0.15) is 16.7 Å². The van der Waals surface area contributed by atoms with Gasteiger partial charge in [-0.2, -0.15) is 0 Å². The minimum atomic E-state index is 0.926. The van der Waals surface area contributed by atoms with E-state index in [1.807, 2.05) is 0 Å². The lowest BCUT2D eigenvalue weighted by molar-refractivity contribution is 0.963. The predicted molar refractivity (Wildman–Crippen MR) is 67.5 cm³/mol. The van der Waals surface area contributed by atoms with Crippen LogP contribution in [0.15, 0.2) is 23.2 Å². The van der Waals surface area contributed by atoms with Gasteiger partial charge in [-0.25, -0.2) is 0 Å². The van der Waals surface area contributed by atoms with Gasteiger partial charge in [-0.1, -0.05) is 35.5 Å². The van der Waals surface area contributed by atoms with E-state index in [9.17, 15) is 0 Å². The Morgan fingerprint density at radius 1 is 1.40 bits per heavy atom. The average Bonchev–Trinajstić information content (AvgIpc) is 2.72. The molecule has 0 bridgehead atoms. The molecule has 3 heteroatoms. The van der Waals surface area contributed by atoms with Crippen LogP contribution in [0.4, 0.5) is 0 Å². The molecule has 1 aromatic carbocycles. The first kappa shape index (κ1) is 10.6. The Morgan fingerprint density at radius 3 is 3.00 bits per heavy atom. The van der Waals surface area contributed by atoms with E-state index >= 15 is 0 Å². The number of thioether (sulfide) groups is 1. The summed E-state index contributed by atoms with van der Waals surface area (Å²) in [4.78, 5) is 4.37. The quantitative estimate of drug-likeness (QED) is 0.828. The second-order valence-corrected chi connectivity index (χ2v) is 4.80. The van der Waals surface area contributed by atoms with Crippen LogP contribution < -0.4 is 5.32 Å². The molecule has 0 amide bonds. The lowest BCUT2D eigenvalue weighted by atomic mass is 10.1. The minimum Gasteiger partial charge on any atom is -0.363 e. The molecule has 15 heavy (non-hydrogen) atoms. The van der Waals surface area contributed by atoms with Crippen molar-refractivity contribution in [2.24, 2.45) is 4.99 Å². The van der Waals surface area contributed by atoms with E-state index in [0.29, 0.717) is 0 Å². The fourth-order valence-corrected chi connectivity index (χ4v) is 2.56. The molecule has 0 saturated heterocycles. The van der Waals surface area contributed by atoms with Crippen LogP contribution in [0, 0.1) is 13.8 Å². The first-order valence-corrected chi connectivity index (χ1v) is 6.21. The first-order chi connectivity index (χ1) is 7.25. The highest BCUT2D eigenvalue weighted by molar-refractivity contribution is 8.13. The summed E-state index contributed by atoms with van der Waals surface area (Å²) in [5.74, 6) is 1.01. The lowest BCUT2D eigenvalue weighted by Crippen LogP contribution is -2.15. The molecule has 1 aliphatic rings. The van der Waals surface area contributed by atoms with Crippen molar-refractivity contribution in [2.45, 2.75) is 19.6 Å². The van der Waals surface area contributed by atoms with Gasteiger partial charge >= 0.3 is 0 Å². The Kier molecular flexibility index (Phi) is 3.31. The summed E-state index contributed by atoms with van der Waals surface area (Å²) < 4.78 is 0. The van der Waals surface area contributed by atoms with E-state index in [-0.39, 0.29) is 0 Å². The third-order valence-corrected chi connectivity index (χ3v) is 3.51. The van der Waals surface area contributed by atoms with Crippen molar-refractivity contribution < 1.29 is 0 Å². The Morgan fingerprint density at radius 2 is 2.27 bits per heavy atom. The van der Waals surface area contributed by atoms with Crippen molar-refractivity contribution in [3.05, 3.63) is 34.9 Å². The number of nitrogens with one attached hydrogen (secondary N) is 1. The van der Waals surface area contributed by atoms with Gasteiger partial charge in [0.25, 0.3) is 0 Å². The summed E-state index contributed by atoms with van der Waals surface area (Å²) in [6, 6.07) is 6.61. The highest BCUT2D eigenvalue weighted by Gasteiger charge is 2.06. The molecule has 0 spiro atoms. The molecular formula is C12H16N2S. The molecule has 2 nitrogen and oxygen atoms in total.